The number of benzene rings is 1. The van der Waals surface area contributed by atoms with Crippen LogP contribution in [0.2, 0.25) is 0 Å². The molecule has 20 heavy (non-hydrogen) atoms. The number of carbonyl (C=O) groups excluding carboxylic acids is 1. The monoisotopic (exact) mass is 291 g/mol. The molecule has 0 saturated carbocycles. The predicted molar refractivity (Wildman–Crippen MR) is 82.8 cm³/mol. The van der Waals surface area contributed by atoms with E-state index in [0.717, 1.165) is 23.3 Å². The Hall–Kier alpha value is -2.08. The molecule has 0 aliphatic heterocycles. The number of hydrogen-bond acceptors (Lipinski definition) is 3. The molecule has 0 bridgehead atoms. The Bertz CT molecular complexity index is 609. The normalized spacial score (nSPS) is 10.4. The first-order valence-electron chi connectivity index (χ1n) is 6.41. The van der Waals surface area contributed by atoms with Crippen molar-refractivity contribution in [1.29, 1.82) is 0 Å². The van der Waals surface area contributed by atoms with Crippen molar-refractivity contribution in [3.05, 3.63) is 36.0 Å². The molecule has 2 aromatic rings. The first-order valence-corrected chi connectivity index (χ1v) is 6.81. The van der Waals surface area contributed by atoms with Crippen LogP contribution >= 0.6 is 12.2 Å². The van der Waals surface area contributed by atoms with Gasteiger partial charge in [0.1, 0.15) is 6.61 Å². The Morgan fingerprint density at radius 2 is 2.20 bits per heavy atom. The Morgan fingerprint density at radius 1 is 1.40 bits per heavy atom. The van der Waals surface area contributed by atoms with Crippen molar-refractivity contribution in [2.75, 3.05) is 13.2 Å². The summed E-state index contributed by atoms with van der Waals surface area (Å²) in [6.07, 6.45) is 2.88. The van der Waals surface area contributed by atoms with E-state index < -0.39 is 6.09 Å². The molecule has 0 unspecified atom stereocenters. The maximum absolute atomic E-state index is 10.4. The zero-order valence-corrected chi connectivity index (χ0v) is 11.8. The molecule has 1 aromatic heterocycles. The van der Waals surface area contributed by atoms with E-state index in [2.05, 4.69) is 27.2 Å². The fraction of sp³-hybridized carbons (Fsp3) is 0.286. The van der Waals surface area contributed by atoms with Gasteiger partial charge in [0, 0.05) is 30.1 Å². The minimum atomic E-state index is -0.767. The van der Waals surface area contributed by atoms with Crippen molar-refractivity contribution in [1.82, 2.24) is 10.3 Å². The van der Waals surface area contributed by atoms with E-state index in [9.17, 15) is 4.79 Å². The summed E-state index contributed by atoms with van der Waals surface area (Å²) in [6, 6.07) is 8.18. The molecule has 0 fully saturated rings. The summed E-state index contributed by atoms with van der Waals surface area (Å²) in [5.41, 5.74) is 7.24. The number of para-hydroxylation sites is 1. The first-order chi connectivity index (χ1) is 9.66. The summed E-state index contributed by atoms with van der Waals surface area (Å²) in [4.78, 5) is 14.4. The molecule has 0 radical (unpaired) electrons. The molecule has 0 spiro atoms. The molecular weight excluding hydrogens is 274 g/mol. The number of amides is 1. The highest BCUT2D eigenvalue weighted by Crippen LogP contribution is 2.18. The molecular formula is C14H17N3O2S. The minimum Gasteiger partial charge on any atom is -0.448 e. The van der Waals surface area contributed by atoms with Crippen molar-refractivity contribution in [2.24, 2.45) is 5.73 Å². The zero-order chi connectivity index (χ0) is 14.4. The smallest absolute Gasteiger partial charge is 0.404 e. The second-order valence-corrected chi connectivity index (χ2v) is 4.87. The number of rotatable bonds is 6. The number of aromatic amines is 1. The second kappa shape index (κ2) is 6.91. The average molecular weight is 291 g/mol. The SMILES string of the molecule is NC(=O)OCCNC(=S)CCc1c[nH]c2ccccc12. The number of hydrogen-bond donors (Lipinski definition) is 3. The molecule has 0 aliphatic carbocycles. The first kappa shape index (κ1) is 14.3. The zero-order valence-electron chi connectivity index (χ0n) is 11.0. The highest BCUT2D eigenvalue weighted by molar-refractivity contribution is 7.80. The van der Waals surface area contributed by atoms with Gasteiger partial charge in [-0.3, -0.25) is 0 Å². The third-order valence-corrected chi connectivity index (χ3v) is 3.31. The van der Waals surface area contributed by atoms with Crippen LogP contribution in [0.15, 0.2) is 30.5 Å². The third-order valence-electron chi connectivity index (χ3n) is 2.96. The van der Waals surface area contributed by atoms with Crippen LogP contribution in [0.4, 0.5) is 4.79 Å². The van der Waals surface area contributed by atoms with E-state index in [1.165, 1.54) is 10.9 Å². The van der Waals surface area contributed by atoms with E-state index >= 15 is 0 Å². The maximum Gasteiger partial charge on any atom is 0.404 e. The van der Waals surface area contributed by atoms with Gasteiger partial charge in [0.15, 0.2) is 0 Å². The number of nitrogens with one attached hydrogen (secondary N) is 2. The lowest BCUT2D eigenvalue weighted by molar-refractivity contribution is 0.159. The fourth-order valence-electron chi connectivity index (χ4n) is 2.02. The molecule has 2 rings (SSSR count). The van der Waals surface area contributed by atoms with E-state index in [1.807, 2.05) is 18.3 Å². The molecule has 0 atom stereocenters. The minimum absolute atomic E-state index is 0.225. The lowest BCUT2D eigenvalue weighted by atomic mass is 10.1. The topological polar surface area (TPSA) is 80.1 Å². The standard InChI is InChI=1S/C14H17N3O2S/c15-14(18)19-8-7-16-13(20)6-5-10-9-17-12-4-2-1-3-11(10)12/h1-4,9,17H,5-8H2,(H2,15,18)(H,16,20). The number of fused-ring (bicyclic) bond motifs is 1. The molecule has 1 amide bonds. The van der Waals surface area contributed by atoms with Crippen molar-refractivity contribution in [3.8, 4) is 0 Å². The number of thiocarbonyl (C=S) groups is 1. The van der Waals surface area contributed by atoms with Crippen molar-refractivity contribution in [3.63, 3.8) is 0 Å². The molecule has 1 aromatic carbocycles. The van der Waals surface area contributed by atoms with Crippen LogP contribution in [0.3, 0.4) is 0 Å². The van der Waals surface area contributed by atoms with Crippen LogP contribution in [0, 0.1) is 0 Å². The molecule has 5 nitrogen and oxygen atoms in total. The number of primary amides is 1. The summed E-state index contributed by atoms with van der Waals surface area (Å²) < 4.78 is 4.61. The Labute approximate surface area is 122 Å². The molecule has 1 heterocycles. The van der Waals surface area contributed by atoms with Gasteiger partial charge in [-0.2, -0.15) is 0 Å². The summed E-state index contributed by atoms with van der Waals surface area (Å²) in [5, 5.41) is 4.27. The quantitative estimate of drug-likeness (QED) is 0.562. The summed E-state index contributed by atoms with van der Waals surface area (Å²) in [6.45, 7) is 0.707. The van der Waals surface area contributed by atoms with E-state index in [1.54, 1.807) is 0 Å². The van der Waals surface area contributed by atoms with Gasteiger partial charge in [0.05, 0.1) is 4.99 Å². The van der Waals surface area contributed by atoms with Gasteiger partial charge in [-0.05, 0) is 18.1 Å². The number of H-pyrrole nitrogens is 1. The maximum atomic E-state index is 10.4. The number of aromatic nitrogens is 1. The van der Waals surface area contributed by atoms with E-state index in [4.69, 9.17) is 18.0 Å². The largest absolute Gasteiger partial charge is 0.448 e. The van der Waals surface area contributed by atoms with Crippen LogP contribution in [-0.2, 0) is 11.2 Å². The summed E-state index contributed by atoms with van der Waals surface area (Å²) in [5.74, 6) is 0. The van der Waals surface area contributed by atoms with Gasteiger partial charge in [-0.25, -0.2) is 4.79 Å². The summed E-state index contributed by atoms with van der Waals surface area (Å²) in [7, 11) is 0. The van der Waals surface area contributed by atoms with Crippen molar-refractivity contribution in [2.45, 2.75) is 12.8 Å². The van der Waals surface area contributed by atoms with E-state index in [-0.39, 0.29) is 6.61 Å². The third kappa shape index (κ3) is 3.96. The fourth-order valence-corrected chi connectivity index (χ4v) is 2.22. The lowest BCUT2D eigenvalue weighted by Crippen LogP contribution is -2.27. The van der Waals surface area contributed by atoms with Gasteiger partial charge in [0.2, 0.25) is 0 Å². The van der Waals surface area contributed by atoms with Crippen molar-refractivity contribution >= 4 is 34.2 Å². The molecule has 106 valence electrons. The Kier molecular flexibility index (Phi) is 4.95. The van der Waals surface area contributed by atoms with Gasteiger partial charge in [0.25, 0.3) is 0 Å². The summed E-state index contributed by atoms with van der Waals surface area (Å²) >= 11 is 5.24. The second-order valence-electron chi connectivity index (χ2n) is 4.38. The molecule has 4 N–H and O–H groups in total. The molecule has 0 aliphatic rings. The van der Waals surface area contributed by atoms with Crippen molar-refractivity contribution < 1.29 is 9.53 Å². The van der Waals surface area contributed by atoms with Gasteiger partial charge >= 0.3 is 6.09 Å². The number of nitrogens with two attached hydrogens (primary N) is 1. The lowest BCUT2D eigenvalue weighted by Gasteiger charge is -2.07. The number of aryl methyl sites for hydroxylation is 1. The van der Waals surface area contributed by atoms with Crippen LogP contribution in [0.1, 0.15) is 12.0 Å². The number of ether oxygens (including phenoxy) is 1. The number of carbonyl (C=O) groups is 1. The van der Waals surface area contributed by atoms with Crippen LogP contribution in [0.5, 0.6) is 0 Å². The highest BCUT2D eigenvalue weighted by atomic mass is 32.1. The van der Waals surface area contributed by atoms with Crippen LogP contribution < -0.4 is 11.1 Å². The van der Waals surface area contributed by atoms with Crippen LogP contribution in [-0.4, -0.2) is 29.2 Å². The van der Waals surface area contributed by atoms with Gasteiger partial charge < -0.3 is 20.8 Å². The van der Waals surface area contributed by atoms with E-state index in [0.29, 0.717) is 6.54 Å². The Balaban J connectivity index is 1.77. The highest BCUT2D eigenvalue weighted by Gasteiger charge is 2.04. The average Bonchev–Trinajstić information content (AvgIpc) is 2.84. The molecule has 0 saturated heterocycles. The van der Waals surface area contributed by atoms with Crippen LogP contribution in [0.25, 0.3) is 10.9 Å². The predicted octanol–water partition coefficient (Wildman–Crippen LogP) is 2.11. The van der Waals surface area contributed by atoms with Gasteiger partial charge in [-0.1, -0.05) is 30.4 Å². The van der Waals surface area contributed by atoms with Gasteiger partial charge in [-0.15, -0.1) is 0 Å². The Morgan fingerprint density at radius 3 is 3.00 bits per heavy atom. The molecule has 6 heteroatoms.